The van der Waals surface area contributed by atoms with E-state index < -0.39 is 8.80 Å². The maximum Gasteiger partial charge on any atom is 0.108 e. The van der Waals surface area contributed by atoms with Crippen LogP contribution in [0.2, 0.25) is 13.1 Å². The summed E-state index contributed by atoms with van der Waals surface area (Å²) in [6, 6.07) is 0. The summed E-state index contributed by atoms with van der Waals surface area (Å²) in [6.45, 7) is 13.6. The third-order valence-electron chi connectivity index (χ3n) is 1.63. The van der Waals surface area contributed by atoms with Gasteiger partial charge in [0.25, 0.3) is 0 Å². The lowest BCUT2D eigenvalue weighted by Crippen LogP contribution is -2.09. The first-order chi connectivity index (χ1) is 5.04. The molecule has 0 saturated carbocycles. The second kappa shape index (κ2) is 5.41. The lowest BCUT2D eigenvalue weighted by atomic mass is 10.1. The van der Waals surface area contributed by atoms with Crippen LogP contribution >= 0.6 is 0 Å². The van der Waals surface area contributed by atoms with Gasteiger partial charge in [0.2, 0.25) is 0 Å². The van der Waals surface area contributed by atoms with Gasteiger partial charge in [-0.15, -0.1) is 0 Å². The maximum atomic E-state index is 5.48. The minimum absolute atomic E-state index is 0.733. The van der Waals surface area contributed by atoms with Gasteiger partial charge in [-0.2, -0.15) is 0 Å². The average Bonchev–Trinajstić information content (AvgIpc) is 1.86. The predicted molar refractivity (Wildman–Crippen MR) is 53.4 cm³/mol. The number of ether oxygens (including phenoxy) is 1. The van der Waals surface area contributed by atoms with Gasteiger partial charge in [0.15, 0.2) is 0 Å². The van der Waals surface area contributed by atoms with Crippen molar-refractivity contribution in [3.8, 4) is 0 Å². The standard InChI is InChI=1S/C9H20OSi/c1-8(2)6-7-10-9(3)11(4)5/h8,11H,3,6-7H2,1-2,4-5H3. The summed E-state index contributed by atoms with van der Waals surface area (Å²) in [5.41, 5.74) is 0. The molecule has 0 bridgehead atoms. The number of hydrogen-bond donors (Lipinski definition) is 0. The average molecular weight is 172 g/mol. The normalized spacial score (nSPS) is 10.7. The summed E-state index contributed by atoms with van der Waals surface area (Å²) >= 11 is 0. The zero-order chi connectivity index (χ0) is 8.85. The molecule has 1 nitrogen and oxygen atoms in total. The van der Waals surface area contributed by atoms with E-state index in [4.69, 9.17) is 4.74 Å². The van der Waals surface area contributed by atoms with Crippen LogP contribution in [-0.2, 0) is 4.74 Å². The molecule has 11 heavy (non-hydrogen) atoms. The fourth-order valence-electron chi connectivity index (χ4n) is 0.592. The molecule has 0 fully saturated rings. The fraction of sp³-hybridized carbons (Fsp3) is 0.778. The van der Waals surface area contributed by atoms with Gasteiger partial charge in [0, 0.05) is 0 Å². The Morgan fingerprint density at radius 3 is 2.36 bits per heavy atom. The van der Waals surface area contributed by atoms with E-state index in [1.54, 1.807) is 0 Å². The molecule has 0 aromatic carbocycles. The smallest absolute Gasteiger partial charge is 0.108 e. The molecule has 0 aromatic rings. The van der Waals surface area contributed by atoms with Gasteiger partial charge in [-0.1, -0.05) is 33.5 Å². The highest BCUT2D eigenvalue weighted by Gasteiger charge is 2.02. The Labute approximate surface area is 72.1 Å². The molecule has 0 aromatic heterocycles. The zero-order valence-electron chi connectivity index (χ0n) is 8.18. The molecule has 0 N–H and O–H groups in total. The molecule has 0 amide bonds. The summed E-state index contributed by atoms with van der Waals surface area (Å²) in [6.07, 6.45) is 1.14. The Bertz CT molecular complexity index is 119. The molecular weight excluding hydrogens is 152 g/mol. The van der Waals surface area contributed by atoms with E-state index in [1.807, 2.05) is 0 Å². The van der Waals surface area contributed by atoms with E-state index in [2.05, 4.69) is 33.5 Å². The third-order valence-corrected chi connectivity index (χ3v) is 3.08. The lowest BCUT2D eigenvalue weighted by Gasteiger charge is -2.12. The van der Waals surface area contributed by atoms with Crippen LogP contribution in [0.5, 0.6) is 0 Å². The molecule has 0 aliphatic rings. The molecule has 0 unspecified atom stereocenters. The highest BCUT2D eigenvalue weighted by atomic mass is 28.3. The summed E-state index contributed by atoms with van der Waals surface area (Å²) < 4.78 is 5.48. The van der Waals surface area contributed by atoms with Crippen LogP contribution in [0.1, 0.15) is 20.3 Å². The quantitative estimate of drug-likeness (QED) is 0.457. The molecule has 0 radical (unpaired) electrons. The molecule has 0 heterocycles. The van der Waals surface area contributed by atoms with Crippen LogP contribution in [0, 0.1) is 5.92 Å². The van der Waals surface area contributed by atoms with Gasteiger partial charge in [-0.25, -0.2) is 0 Å². The first-order valence-electron chi connectivity index (χ1n) is 4.35. The second-order valence-corrected chi connectivity index (χ2v) is 6.61. The largest absolute Gasteiger partial charge is 0.504 e. The fourth-order valence-corrected chi connectivity index (χ4v) is 1.04. The minimum Gasteiger partial charge on any atom is -0.504 e. The summed E-state index contributed by atoms with van der Waals surface area (Å²) in [5, 5.41) is 1.05. The van der Waals surface area contributed by atoms with E-state index in [0.29, 0.717) is 0 Å². The molecule has 0 rings (SSSR count). The van der Waals surface area contributed by atoms with Crippen molar-refractivity contribution in [2.24, 2.45) is 5.92 Å². The van der Waals surface area contributed by atoms with Gasteiger partial charge in [0.1, 0.15) is 8.80 Å². The molecule has 66 valence electrons. The zero-order valence-corrected chi connectivity index (χ0v) is 9.34. The number of rotatable bonds is 5. The van der Waals surface area contributed by atoms with Crippen molar-refractivity contribution in [2.75, 3.05) is 6.61 Å². The van der Waals surface area contributed by atoms with Crippen LogP contribution in [0.25, 0.3) is 0 Å². The van der Waals surface area contributed by atoms with Crippen molar-refractivity contribution in [2.45, 2.75) is 33.4 Å². The predicted octanol–water partition coefficient (Wildman–Crippen LogP) is 2.59. The third kappa shape index (κ3) is 6.17. The van der Waals surface area contributed by atoms with Gasteiger partial charge >= 0.3 is 0 Å². The highest BCUT2D eigenvalue weighted by molar-refractivity contribution is 6.63. The van der Waals surface area contributed by atoms with Gasteiger partial charge < -0.3 is 4.74 Å². The molecule has 0 aliphatic heterocycles. The van der Waals surface area contributed by atoms with E-state index >= 15 is 0 Å². The highest BCUT2D eigenvalue weighted by Crippen LogP contribution is 2.04. The SMILES string of the molecule is C=C(OCCC(C)C)[SiH](C)C. The van der Waals surface area contributed by atoms with Crippen LogP contribution in [0.15, 0.2) is 12.0 Å². The Balaban J connectivity index is 3.32. The van der Waals surface area contributed by atoms with Crippen molar-refractivity contribution in [1.82, 2.24) is 0 Å². The summed E-state index contributed by atoms with van der Waals surface area (Å²) in [5.74, 6) is 0.733. The van der Waals surface area contributed by atoms with Crippen molar-refractivity contribution in [3.63, 3.8) is 0 Å². The molecule has 0 spiro atoms. The van der Waals surface area contributed by atoms with Crippen molar-refractivity contribution in [3.05, 3.63) is 12.0 Å². The Morgan fingerprint density at radius 1 is 1.45 bits per heavy atom. The van der Waals surface area contributed by atoms with Gasteiger partial charge in [0.05, 0.1) is 12.0 Å². The molecule has 0 atom stereocenters. The second-order valence-electron chi connectivity index (χ2n) is 3.65. The van der Waals surface area contributed by atoms with Crippen molar-refractivity contribution in [1.29, 1.82) is 0 Å². The monoisotopic (exact) mass is 172 g/mol. The van der Waals surface area contributed by atoms with Gasteiger partial charge in [-0.05, 0) is 12.3 Å². The van der Waals surface area contributed by atoms with E-state index in [9.17, 15) is 0 Å². The number of hydrogen-bond acceptors (Lipinski definition) is 1. The lowest BCUT2D eigenvalue weighted by molar-refractivity contribution is 0.216. The first kappa shape index (κ1) is 10.8. The Kier molecular flexibility index (Phi) is 5.29. The molecule has 0 aliphatic carbocycles. The van der Waals surface area contributed by atoms with Crippen LogP contribution in [0.3, 0.4) is 0 Å². The maximum absolute atomic E-state index is 5.48. The molecule has 0 saturated heterocycles. The van der Waals surface area contributed by atoms with E-state index in [-0.39, 0.29) is 0 Å². The molecular formula is C9H20OSi. The minimum atomic E-state index is -0.744. The van der Waals surface area contributed by atoms with Crippen LogP contribution < -0.4 is 0 Å². The summed E-state index contributed by atoms with van der Waals surface area (Å²) in [7, 11) is -0.744. The van der Waals surface area contributed by atoms with Gasteiger partial charge in [-0.3, -0.25) is 0 Å². The van der Waals surface area contributed by atoms with Crippen molar-refractivity contribution >= 4 is 8.80 Å². The molecule has 2 heteroatoms. The van der Waals surface area contributed by atoms with Crippen LogP contribution in [-0.4, -0.2) is 15.4 Å². The van der Waals surface area contributed by atoms with E-state index in [0.717, 1.165) is 24.3 Å². The van der Waals surface area contributed by atoms with Crippen molar-refractivity contribution < 1.29 is 4.74 Å². The Morgan fingerprint density at radius 2 is 2.00 bits per heavy atom. The summed E-state index contributed by atoms with van der Waals surface area (Å²) in [4.78, 5) is 0. The van der Waals surface area contributed by atoms with E-state index in [1.165, 1.54) is 0 Å². The van der Waals surface area contributed by atoms with Crippen LogP contribution in [0.4, 0.5) is 0 Å². The first-order valence-corrected chi connectivity index (χ1v) is 7.24. The Hall–Kier alpha value is -0.243. The topological polar surface area (TPSA) is 9.23 Å².